The molecular formula is C54H97NO10. The summed E-state index contributed by atoms with van der Waals surface area (Å²) in [6.45, 7) is 19.7. The standard InChI is InChI=1S/C17H28O2.C16H26O4.C15H19NO4.6CH4/c1-5-16(2,3)15(18)19-17(4)13-7-11-6-12(9-13)10-14(17)8-11;1-4-13(2,3)12(17)20-16-7-11-5-14(18,9-16)8-15(19,6-11)10-16;1-4-14(2,3)12(17)19-10-8-5-9-11(10)20-13(18)15(9,6-8)7-16;;;;;;/h11-14H,5-10H2,1-4H3;11,18-19H,4-10H2,1-3H3;8-11H,4-6H2,1-3H3;6*1H4. The third-order valence-corrected chi connectivity index (χ3v) is 17.7. The van der Waals surface area contributed by atoms with E-state index in [9.17, 15) is 34.7 Å². The molecule has 11 rings (SSSR count). The van der Waals surface area contributed by atoms with Crippen molar-refractivity contribution in [3.8, 4) is 6.07 Å². The normalized spacial score (nSPS) is 40.0. The van der Waals surface area contributed by atoms with Gasteiger partial charge in [-0.05, 0) is 162 Å². The number of nitrogens with zero attached hydrogens (tertiary/aromatic N) is 1. The van der Waals surface area contributed by atoms with Gasteiger partial charge in [0.2, 0.25) is 0 Å². The highest BCUT2D eigenvalue weighted by atomic mass is 16.6. The van der Waals surface area contributed by atoms with Gasteiger partial charge in [0.25, 0.3) is 0 Å². The zero-order chi connectivity index (χ0) is 43.4. The Kier molecular flexibility index (Phi) is 18.6. The van der Waals surface area contributed by atoms with Crippen molar-refractivity contribution < 1.29 is 48.3 Å². The summed E-state index contributed by atoms with van der Waals surface area (Å²) in [5, 5.41) is 30.6. The fourth-order valence-corrected chi connectivity index (χ4v) is 13.3. The van der Waals surface area contributed by atoms with Crippen LogP contribution in [0.25, 0.3) is 0 Å². The first-order chi connectivity index (χ1) is 27.3. The number of hydrogen-bond acceptors (Lipinski definition) is 11. The summed E-state index contributed by atoms with van der Waals surface area (Å²) in [5.74, 6) is 2.50. The first-order valence-electron chi connectivity index (χ1n) is 23.0. The summed E-state index contributed by atoms with van der Waals surface area (Å²) in [4.78, 5) is 49.0. The molecule has 0 spiro atoms. The third kappa shape index (κ3) is 10.5. The molecule has 10 aliphatic carbocycles. The van der Waals surface area contributed by atoms with E-state index in [2.05, 4.69) is 19.9 Å². The summed E-state index contributed by atoms with van der Waals surface area (Å²) < 4.78 is 23.0. The van der Waals surface area contributed by atoms with Gasteiger partial charge in [-0.1, -0.05) is 65.3 Å². The van der Waals surface area contributed by atoms with E-state index < -0.39 is 45.1 Å². The number of hydrogen-bond donors (Lipinski definition) is 2. The molecule has 1 aliphatic heterocycles. The Hall–Kier alpha value is -2.71. The van der Waals surface area contributed by atoms with Crippen LogP contribution >= 0.6 is 0 Å². The van der Waals surface area contributed by atoms with E-state index in [4.69, 9.17) is 18.9 Å². The van der Waals surface area contributed by atoms with Crippen LogP contribution in [-0.4, -0.2) is 68.7 Å². The van der Waals surface area contributed by atoms with Gasteiger partial charge in [0.1, 0.15) is 23.4 Å². The number of esters is 4. The largest absolute Gasteiger partial charge is 0.458 e. The first kappa shape index (κ1) is 60.3. The van der Waals surface area contributed by atoms with Crippen LogP contribution in [-0.2, 0) is 38.1 Å². The van der Waals surface area contributed by atoms with Crippen molar-refractivity contribution in [2.45, 2.75) is 251 Å². The lowest BCUT2D eigenvalue weighted by Gasteiger charge is -2.62. The number of ether oxygens (including phenoxy) is 4. The van der Waals surface area contributed by atoms with Gasteiger partial charge < -0.3 is 29.2 Å². The van der Waals surface area contributed by atoms with Crippen LogP contribution in [0, 0.1) is 74.4 Å². The molecule has 11 heteroatoms. The van der Waals surface area contributed by atoms with Crippen molar-refractivity contribution >= 4 is 23.9 Å². The minimum atomic E-state index is -0.974. The minimum absolute atomic E-state index is 0. The van der Waals surface area contributed by atoms with Crippen LogP contribution < -0.4 is 0 Å². The average Bonchev–Trinajstić information content (AvgIpc) is 3.74. The molecule has 0 radical (unpaired) electrons. The quantitative estimate of drug-likeness (QED) is 0.167. The maximum Gasteiger partial charge on any atom is 0.327 e. The van der Waals surface area contributed by atoms with Crippen LogP contribution in [0.3, 0.4) is 0 Å². The van der Waals surface area contributed by atoms with E-state index in [1.165, 1.54) is 32.1 Å². The molecule has 0 amide bonds. The van der Waals surface area contributed by atoms with E-state index >= 15 is 0 Å². The molecule has 0 aromatic rings. The molecule has 65 heavy (non-hydrogen) atoms. The fraction of sp³-hybridized carbons (Fsp3) is 0.907. The molecule has 1 heterocycles. The zero-order valence-electron chi connectivity index (χ0n) is 37.6. The molecule has 378 valence electrons. The van der Waals surface area contributed by atoms with Crippen LogP contribution in [0.15, 0.2) is 0 Å². The fourth-order valence-electron chi connectivity index (χ4n) is 13.3. The Labute approximate surface area is 396 Å². The molecule has 11 fully saturated rings. The van der Waals surface area contributed by atoms with Crippen LogP contribution in [0.2, 0.25) is 0 Å². The highest BCUT2D eigenvalue weighted by Gasteiger charge is 2.72. The van der Waals surface area contributed by atoms with Crippen molar-refractivity contribution in [3.05, 3.63) is 0 Å². The smallest absolute Gasteiger partial charge is 0.327 e. The van der Waals surface area contributed by atoms with Gasteiger partial charge in [-0.2, -0.15) is 5.26 Å². The molecular weight excluding hydrogens is 823 g/mol. The Morgan fingerprint density at radius 1 is 0.662 bits per heavy atom. The van der Waals surface area contributed by atoms with E-state index in [1.54, 1.807) is 0 Å². The van der Waals surface area contributed by atoms with Crippen molar-refractivity contribution in [3.63, 3.8) is 0 Å². The van der Waals surface area contributed by atoms with Gasteiger partial charge >= 0.3 is 23.9 Å². The van der Waals surface area contributed by atoms with Gasteiger partial charge in [0.05, 0.1) is 33.5 Å². The van der Waals surface area contributed by atoms with E-state index in [0.29, 0.717) is 43.9 Å². The molecule has 7 unspecified atom stereocenters. The number of rotatable bonds is 9. The van der Waals surface area contributed by atoms with Gasteiger partial charge in [-0.25, -0.2) is 0 Å². The molecule has 10 bridgehead atoms. The monoisotopic (exact) mass is 920 g/mol. The van der Waals surface area contributed by atoms with Crippen LogP contribution in [0.4, 0.5) is 0 Å². The summed E-state index contributed by atoms with van der Waals surface area (Å²) in [5.41, 5.74) is -4.85. The highest BCUT2D eigenvalue weighted by molar-refractivity contribution is 5.85. The number of carbonyl (C=O) groups is 4. The summed E-state index contributed by atoms with van der Waals surface area (Å²) in [6, 6.07) is 2.15. The topological polar surface area (TPSA) is 169 Å². The molecule has 1 saturated heterocycles. The van der Waals surface area contributed by atoms with Crippen LogP contribution in [0.5, 0.6) is 0 Å². The van der Waals surface area contributed by atoms with E-state index in [0.717, 1.165) is 50.4 Å². The maximum atomic E-state index is 12.5. The Bertz CT molecular complexity index is 1700. The lowest BCUT2D eigenvalue weighted by Crippen LogP contribution is -2.67. The molecule has 2 N–H and O–H groups in total. The van der Waals surface area contributed by atoms with Crippen molar-refractivity contribution in [1.29, 1.82) is 5.26 Å². The molecule has 7 atom stereocenters. The Morgan fingerprint density at radius 3 is 1.54 bits per heavy atom. The second kappa shape index (κ2) is 20.1. The molecule has 11 aliphatic rings. The first-order valence-corrected chi connectivity index (χ1v) is 23.0. The van der Waals surface area contributed by atoms with Gasteiger partial charge in [-0.3, -0.25) is 19.2 Å². The van der Waals surface area contributed by atoms with Crippen molar-refractivity contribution in [1.82, 2.24) is 0 Å². The SMILES string of the molecule is C.C.C.C.C.C.CCC(C)(C)C(=O)OC1(C)C2CC3CC(C2)CC1C3.CCC(C)(C)C(=O)OC12CC3CC(O)(CC(O)(C3)C1)C2.CCC(C)(C)C(=O)OC1C2CC3C1OC(=O)C3(C#N)C2. The average molecular weight is 920 g/mol. The lowest BCUT2D eigenvalue weighted by molar-refractivity contribution is -0.264. The molecule has 0 aromatic carbocycles. The van der Waals surface area contributed by atoms with E-state index in [-0.39, 0.29) is 97.3 Å². The maximum absolute atomic E-state index is 12.5. The highest BCUT2D eigenvalue weighted by Crippen LogP contribution is 2.63. The predicted molar refractivity (Wildman–Crippen MR) is 258 cm³/mol. The number of nitriles is 1. The number of carbonyl (C=O) groups excluding carboxylic acids is 4. The summed E-state index contributed by atoms with van der Waals surface area (Å²) in [6.07, 6.45) is 13.0. The summed E-state index contributed by atoms with van der Waals surface area (Å²) >= 11 is 0. The number of aliphatic hydroxyl groups is 2. The number of fused-ring (bicyclic) bond motifs is 1. The Balaban J connectivity index is 0.000000466. The molecule has 10 saturated carbocycles. The Morgan fingerprint density at radius 2 is 1.11 bits per heavy atom. The van der Waals surface area contributed by atoms with Gasteiger partial charge in [-0.15, -0.1) is 0 Å². The second-order valence-corrected chi connectivity index (χ2v) is 23.2. The predicted octanol–water partition coefficient (Wildman–Crippen LogP) is 12.0. The van der Waals surface area contributed by atoms with E-state index in [1.807, 2.05) is 55.4 Å². The lowest BCUT2D eigenvalue weighted by atomic mass is 9.50. The second-order valence-electron chi connectivity index (χ2n) is 23.2. The zero-order valence-corrected chi connectivity index (χ0v) is 37.6. The minimum Gasteiger partial charge on any atom is -0.458 e. The van der Waals surface area contributed by atoms with Crippen molar-refractivity contribution in [2.75, 3.05) is 0 Å². The van der Waals surface area contributed by atoms with Gasteiger partial charge in [0, 0.05) is 31.1 Å². The molecule has 11 nitrogen and oxygen atoms in total. The van der Waals surface area contributed by atoms with Crippen LogP contribution in [0.1, 0.15) is 217 Å². The van der Waals surface area contributed by atoms with Crippen molar-refractivity contribution in [2.24, 2.45) is 63.1 Å². The molecule has 0 aromatic heterocycles. The third-order valence-electron chi connectivity index (χ3n) is 17.7. The summed E-state index contributed by atoms with van der Waals surface area (Å²) in [7, 11) is 0. The van der Waals surface area contributed by atoms with Gasteiger partial charge in [0.15, 0.2) is 5.41 Å².